The Morgan fingerprint density at radius 2 is 2.41 bits per heavy atom. The summed E-state index contributed by atoms with van der Waals surface area (Å²) < 4.78 is 0. The van der Waals surface area contributed by atoms with E-state index >= 15 is 0 Å². The molecular formula is C13H18ClN3. The standard InChI is InChI=1S/C13H18ClN3/c1-9-12-6-15-5-11(12)8-17(9)7-10-3-2-4-16-13(10)14/h2-4,9,11-12,15H,5-8H2,1H3. The Morgan fingerprint density at radius 1 is 1.53 bits per heavy atom. The molecule has 0 radical (unpaired) electrons. The minimum Gasteiger partial charge on any atom is -0.316 e. The Labute approximate surface area is 107 Å². The largest absolute Gasteiger partial charge is 0.316 e. The molecule has 2 aliphatic heterocycles. The molecule has 2 aliphatic rings. The first kappa shape index (κ1) is 11.5. The summed E-state index contributed by atoms with van der Waals surface area (Å²) in [5.74, 6) is 1.63. The van der Waals surface area contributed by atoms with Crippen LogP contribution in [0.2, 0.25) is 5.15 Å². The average molecular weight is 252 g/mol. The molecule has 1 aromatic rings. The molecule has 92 valence electrons. The zero-order valence-electron chi connectivity index (χ0n) is 10.1. The van der Waals surface area contributed by atoms with Gasteiger partial charge in [0.2, 0.25) is 0 Å². The first-order valence-electron chi connectivity index (χ1n) is 6.30. The van der Waals surface area contributed by atoms with Crippen LogP contribution in [0.15, 0.2) is 18.3 Å². The van der Waals surface area contributed by atoms with E-state index in [2.05, 4.69) is 28.2 Å². The Kier molecular flexibility index (Phi) is 3.07. The number of aromatic nitrogens is 1. The fourth-order valence-corrected chi connectivity index (χ4v) is 3.40. The van der Waals surface area contributed by atoms with Gasteiger partial charge in [-0.15, -0.1) is 0 Å². The molecule has 0 aliphatic carbocycles. The maximum absolute atomic E-state index is 6.12. The smallest absolute Gasteiger partial charge is 0.133 e. The van der Waals surface area contributed by atoms with Crippen molar-refractivity contribution >= 4 is 11.6 Å². The summed E-state index contributed by atoms with van der Waals surface area (Å²) in [6, 6.07) is 4.69. The monoisotopic (exact) mass is 251 g/mol. The van der Waals surface area contributed by atoms with Gasteiger partial charge in [-0.2, -0.15) is 0 Å². The first-order valence-corrected chi connectivity index (χ1v) is 6.67. The summed E-state index contributed by atoms with van der Waals surface area (Å²) in [6.45, 7) is 6.79. The van der Waals surface area contributed by atoms with Crippen molar-refractivity contribution in [2.24, 2.45) is 11.8 Å². The van der Waals surface area contributed by atoms with Gasteiger partial charge in [-0.1, -0.05) is 17.7 Å². The van der Waals surface area contributed by atoms with Gasteiger partial charge in [0.05, 0.1) is 0 Å². The second-order valence-corrected chi connectivity index (χ2v) is 5.56. The maximum Gasteiger partial charge on any atom is 0.133 e. The van der Waals surface area contributed by atoms with E-state index < -0.39 is 0 Å². The zero-order valence-corrected chi connectivity index (χ0v) is 10.8. The van der Waals surface area contributed by atoms with Crippen LogP contribution < -0.4 is 5.32 Å². The molecule has 3 unspecified atom stereocenters. The Balaban J connectivity index is 1.73. The summed E-state index contributed by atoms with van der Waals surface area (Å²) in [7, 11) is 0. The second kappa shape index (κ2) is 4.56. The molecule has 0 amide bonds. The third-order valence-corrected chi connectivity index (χ3v) is 4.61. The lowest BCUT2D eigenvalue weighted by molar-refractivity contribution is 0.231. The minimum absolute atomic E-state index is 0.645. The molecule has 3 atom stereocenters. The summed E-state index contributed by atoms with van der Waals surface area (Å²) in [4.78, 5) is 6.69. The highest BCUT2D eigenvalue weighted by atomic mass is 35.5. The molecule has 3 heterocycles. The van der Waals surface area contributed by atoms with Crippen LogP contribution in [0.4, 0.5) is 0 Å². The summed E-state index contributed by atoms with van der Waals surface area (Å²) in [5.41, 5.74) is 1.15. The summed E-state index contributed by atoms with van der Waals surface area (Å²) in [5, 5.41) is 4.13. The number of hydrogen-bond donors (Lipinski definition) is 1. The van der Waals surface area contributed by atoms with E-state index in [1.165, 1.54) is 19.6 Å². The lowest BCUT2D eigenvalue weighted by atomic mass is 9.95. The van der Waals surface area contributed by atoms with Gasteiger partial charge < -0.3 is 5.32 Å². The van der Waals surface area contributed by atoms with Crippen molar-refractivity contribution < 1.29 is 0 Å². The van der Waals surface area contributed by atoms with E-state index in [1.807, 2.05) is 6.07 Å². The van der Waals surface area contributed by atoms with Crippen LogP contribution in [0.1, 0.15) is 12.5 Å². The van der Waals surface area contributed by atoms with Crippen LogP contribution in [-0.4, -0.2) is 35.6 Å². The van der Waals surface area contributed by atoms with Gasteiger partial charge in [0.25, 0.3) is 0 Å². The third-order valence-electron chi connectivity index (χ3n) is 4.27. The molecule has 0 bridgehead atoms. The maximum atomic E-state index is 6.12. The van der Waals surface area contributed by atoms with E-state index in [4.69, 9.17) is 11.6 Å². The van der Waals surface area contributed by atoms with Crippen LogP contribution in [0.5, 0.6) is 0 Å². The van der Waals surface area contributed by atoms with Gasteiger partial charge in [0, 0.05) is 30.9 Å². The third kappa shape index (κ3) is 2.07. The van der Waals surface area contributed by atoms with E-state index in [-0.39, 0.29) is 0 Å². The fraction of sp³-hybridized carbons (Fsp3) is 0.615. The van der Waals surface area contributed by atoms with E-state index in [0.29, 0.717) is 11.2 Å². The average Bonchev–Trinajstić information content (AvgIpc) is 2.87. The van der Waals surface area contributed by atoms with Crippen LogP contribution >= 0.6 is 11.6 Å². The quantitative estimate of drug-likeness (QED) is 0.813. The van der Waals surface area contributed by atoms with Crippen molar-refractivity contribution in [3.05, 3.63) is 29.0 Å². The Bertz CT molecular complexity index is 409. The molecule has 0 saturated carbocycles. The highest BCUT2D eigenvalue weighted by Gasteiger charge is 2.41. The number of nitrogens with one attached hydrogen (secondary N) is 1. The van der Waals surface area contributed by atoms with E-state index in [9.17, 15) is 0 Å². The second-order valence-electron chi connectivity index (χ2n) is 5.21. The first-order chi connectivity index (χ1) is 8.25. The van der Waals surface area contributed by atoms with Gasteiger partial charge in [0.15, 0.2) is 0 Å². The molecule has 3 nitrogen and oxygen atoms in total. The molecule has 2 saturated heterocycles. The molecular weight excluding hydrogens is 234 g/mol. The molecule has 0 aromatic carbocycles. The number of halogens is 1. The number of likely N-dealkylation sites (tertiary alicyclic amines) is 1. The van der Waals surface area contributed by atoms with Gasteiger partial charge in [-0.05, 0) is 37.9 Å². The number of rotatable bonds is 2. The van der Waals surface area contributed by atoms with E-state index in [1.54, 1.807) is 6.20 Å². The molecule has 3 rings (SSSR count). The van der Waals surface area contributed by atoms with Crippen molar-refractivity contribution in [2.45, 2.75) is 19.5 Å². The molecule has 1 N–H and O–H groups in total. The van der Waals surface area contributed by atoms with E-state index in [0.717, 1.165) is 23.9 Å². The van der Waals surface area contributed by atoms with Crippen LogP contribution in [0, 0.1) is 11.8 Å². The van der Waals surface area contributed by atoms with Crippen molar-refractivity contribution in [1.82, 2.24) is 15.2 Å². The summed E-state index contributed by atoms with van der Waals surface area (Å²) >= 11 is 6.12. The van der Waals surface area contributed by atoms with Crippen molar-refractivity contribution in [2.75, 3.05) is 19.6 Å². The van der Waals surface area contributed by atoms with Crippen LogP contribution in [0.25, 0.3) is 0 Å². The summed E-state index contributed by atoms with van der Waals surface area (Å²) in [6.07, 6.45) is 1.75. The molecule has 4 heteroatoms. The van der Waals surface area contributed by atoms with Crippen LogP contribution in [-0.2, 0) is 6.54 Å². The number of nitrogens with zero attached hydrogens (tertiary/aromatic N) is 2. The minimum atomic E-state index is 0.645. The molecule has 1 aromatic heterocycles. The lowest BCUT2D eigenvalue weighted by Gasteiger charge is -2.24. The van der Waals surface area contributed by atoms with Crippen molar-refractivity contribution in [1.29, 1.82) is 0 Å². The Hall–Kier alpha value is -0.640. The molecule has 2 fully saturated rings. The number of hydrogen-bond acceptors (Lipinski definition) is 3. The number of fused-ring (bicyclic) bond motifs is 1. The Morgan fingerprint density at radius 3 is 3.18 bits per heavy atom. The normalized spacial score (nSPS) is 32.9. The predicted molar refractivity (Wildman–Crippen MR) is 69.0 cm³/mol. The van der Waals surface area contributed by atoms with Crippen LogP contribution in [0.3, 0.4) is 0 Å². The predicted octanol–water partition coefficient (Wildman–Crippen LogP) is 1.77. The zero-order chi connectivity index (χ0) is 11.8. The highest BCUT2D eigenvalue weighted by Crippen LogP contribution is 2.33. The van der Waals surface area contributed by atoms with Gasteiger partial charge in [0.1, 0.15) is 5.15 Å². The fourth-order valence-electron chi connectivity index (χ4n) is 3.22. The van der Waals surface area contributed by atoms with Crippen molar-refractivity contribution in [3.63, 3.8) is 0 Å². The topological polar surface area (TPSA) is 28.2 Å². The lowest BCUT2D eigenvalue weighted by Crippen LogP contribution is -2.32. The molecule has 0 spiro atoms. The van der Waals surface area contributed by atoms with Gasteiger partial charge in [-0.25, -0.2) is 4.98 Å². The SMILES string of the molecule is CC1C2CNCC2CN1Cc1cccnc1Cl. The number of pyridine rings is 1. The molecule has 17 heavy (non-hydrogen) atoms. The van der Waals surface area contributed by atoms with Crippen molar-refractivity contribution in [3.8, 4) is 0 Å². The highest BCUT2D eigenvalue weighted by molar-refractivity contribution is 6.30. The van der Waals surface area contributed by atoms with Gasteiger partial charge in [-0.3, -0.25) is 4.90 Å². The van der Waals surface area contributed by atoms with Gasteiger partial charge >= 0.3 is 0 Å².